The number of rotatable bonds is 4. The van der Waals surface area contributed by atoms with Crippen LogP contribution in [0.4, 0.5) is 0 Å². The van der Waals surface area contributed by atoms with Crippen molar-refractivity contribution in [3.8, 4) is 11.3 Å². The van der Waals surface area contributed by atoms with Crippen LogP contribution in [0.5, 0.6) is 0 Å². The van der Waals surface area contributed by atoms with E-state index in [9.17, 15) is 4.79 Å². The molecule has 0 N–H and O–H groups in total. The molecule has 0 radical (unpaired) electrons. The van der Waals surface area contributed by atoms with Gasteiger partial charge in [-0.25, -0.2) is 4.98 Å². The van der Waals surface area contributed by atoms with Crippen molar-refractivity contribution < 1.29 is 9.53 Å². The summed E-state index contributed by atoms with van der Waals surface area (Å²) in [5.74, 6) is -0.192. The van der Waals surface area contributed by atoms with Gasteiger partial charge in [-0.05, 0) is 71.2 Å². The first kappa shape index (κ1) is 19.5. The van der Waals surface area contributed by atoms with Crippen LogP contribution in [-0.2, 0) is 16.0 Å². The Kier molecular flexibility index (Phi) is 5.58. The zero-order valence-corrected chi connectivity index (χ0v) is 16.6. The zero-order valence-electron chi connectivity index (χ0n) is 15.8. The molecular weight excluding hydrogens is 334 g/mol. The molecule has 0 spiro atoms. The number of carbonyl (C=O) groups excluding carboxylic acids is 1. The van der Waals surface area contributed by atoms with Crippen molar-refractivity contribution in [1.82, 2.24) is 4.98 Å². The molecule has 1 aromatic carbocycles. The van der Waals surface area contributed by atoms with Gasteiger partial charge in [0.1, 0.15) is 10.8 Å². The molecule has 0 unspecified atom stereocenters. The van der Waals surface area contributed by atoms with Crippen molar-refractivity contribution in [3.63, 3.8) is 0 Å². The number of ether oxygens (including phenoxy) is 1. The van der Waals surface area contributed by atoms with Crippen LogP contribution in [-0.4, -0.2) is 16.6 Å². The topological polar surface area (TPSA) is 39.2 Å². The molecule has 0 amide bonds. The van der Waals surface area contributed by atoms with Crippen LogP contribution in [0.1, 0.15) is 45.7 Å². The molecule has 0 aliphatic rings. The maximum Gasteiger partial charge on any atom is 0.312 e. The van der Waals surface area contributed by atoms with Gasteiger partial charge in [-0.15, -0.1) is 0 Å². The molecule has 0 saturated carbocycles. The fourth-order valence-corrected chi connectivity index (χ4v) is 2.77. The Morgan fingerprint density at radius 1 is 1.12 bits per heavy atom. The smallest absolute Gasteiger partial charge is 0.312 e. The number of hydrogen-bond acceptors (Lipinski definition) is 3. The Balaban J connectivity index is 2.27. The number of aryl methyl sites for hydroxylation is 1. The summed E-state index contributed by atoms with van der Waals surface area (Å²) >= 11 is 6.04. The molecule has 0 atom stereocenters. The molecule has 1 heterocycles. The Labute approximate surface area is 155 Å². The molecule has 0 aliphatic carbocycles. The molecule has 0 fully saturated rings. The first-order valence-electron chi connectivity index (χ1n) is 8.44. The first-order valence-corrected chi connectivity index (χ1v) is 8.82. The second kappa shape index (κ2) is 7.17. The number of nitrogens with zero attached hydrogens (tertiary/aromatic N) is 1. The highest BCUT2D eigenvalue weighted by atomic mass is 35.5. The van der Waals surface area contributed by atoms with Crippen molar-refractivity contribution in [3.05, 3.63) is 52.7 Å². The molecule has 0 saturated heterocycles. The molecular formula is C21H26ClNO2. The highest BCUT2D eigenvalue weighted by Crippen LogP contribution is 2.29. The lowest BCUT2D eigenvalue weighted by atomic mass is 9.85. The average Bonchev–Trinajstić information content (AvgIpc) is 2.48. The van der Waals surface area contributed by atoms with Crippen LogP contribution in [0.3, 0.4) is 0 Å². The van der Waals surface area contributed by atoms with Crippen LogP contribution >= 0.6 is 11.6 Å². The van der Waals surface area contributed by atoms with Gasteiger partial charge >= 0.3 is 5.97 Å². The lowest BCUT2D eigenvalue weighted by Crippen LogP contribution is -2.35. The second-order valence-electron chi connectivity index (χ2n) is 8.06. The van der Waals surface area contributed by atoms with Crippen LogP contribution in [0.25, 0.3) is 11.3 Å². The van der Waals surface area contributed by atoms with Crippen molar-refractivity contribution >= 4 is 17.6 Å². The molecule has 0 bridgehead atoms. The van der Waals surface area contributed by atoms with Gasteiger partial charge in [0, 0.05) is 5.56 Å². The minimum atomic E-state index is -0.608. The fraction of sp³-hybridized carbons (Fsp3) is 0.429. The monoisotopic (exact) mass is 359 g/mol. The molecule has 134 valence electrons. The molecule has 2 aromatic rings. The van der Waals surface area contributed by atoms with E-state index in [0.717, 1.165) is 22.4 Å². The van der Waals surface area contributed by atoms with Crippen molar-refractivity contribution in [2.75, 3.05) is 0 Å². The summed E-state index contributed by atoms with van der Waals surface area (Å²) in [4.78, 5) is 16.9. The third kappa shape index (κ3) is 5.30. The summed E-state index contributed by atoms with van der Waals surface area (Å²) in [5, 5.41) is 0.472. The van der Waals surface area contributed by atoms with E-state index >= 15 is 0 Å². The summed E-state index contributed by atoms with van der Waals surface area (Å²) in [6.07, 6.45) is 0.593. The number of pyridine rings is 1. The lowest BCUT2D eigenvalue weighted by Gasteiger charge is -2.28. The summed E-state index contributed by atoms with van der Waals surface area (Å²) in [5.41, 5.74) is 2.89. The predicted octanol–water partition coefficient (Wildman–Crippen LogP) is 5.62. The predicted molar refractivity (Wildman–Crippen MR) is 103 cm³/mol. The quantitative estimate of drug-likeness (QED) is 0.525. The summed E-state index contributed by atoms with van der Waals surface area (Å²) < 4.78 is 5.56. The zero-order chi connectivity index (χ0) is 18.8. The number of hydrogen-bond donors (Lipinski definition) is 0. The van der Waals surface area contributed by atoms with E-state index in [-0.39, 0.29) is 5.97 Å². The fourth-order valence-electron chi connectivity index (χ4n) is 2.62. The molecule has 4 heteroatoms. The number of esters is 1. The van der Waals surface area contributed by atoms with Crippen LogP contribution < -0.4 is 0 Å². The third-order valence-electron chi connectivity index (χ3n) is 3.86. The number of benzene rings is 1. The number of carbonyl (C=O) groups is 1. The van der Waals surface area contributed by atoms with Gasteiger partial charge in [0.25, 0.3) is 0 Å². The molecule has 25 heavy (non-hydrogen) atoms. The van der Waals surface area contributed by atoms with E-state index in [4.69, 9.17) is 16.3 Å². The highest BCUT2D eigenvalue weighted by Gasteiger charge is 2.32. The van der Waals surface area contributed by atoms with Crippen LogP contribution in [0.2, 0.25) is 5.15 Å². The summed E-state index contributed by atoms with van der Waals surface area (Å²) in [6, 6.07) is 11.8. The standard InChI is InChI=1S/C21H26ClNO2/c1-14-10-11-17(22)23-18(14)16-9-7-8-15(12-16)13-21(5,6)19(24)25-20(2,3)4/h7-12H,13H2,1-6H3. The Hall–Kier alpha value is -1.87. The molecule has 3 nitrogen and oxygen atoms in total. The van der Waals surface area contributed by atoms with Gasteiger partial charge in [-0.3, -0.25) is 4.79 Å². The number of halogens is 1. The molecule has 2 rings (SSSR count). The third-order valence-corrected chi connectivity index (χ3v) is 4.07. The van der Waals surface area contributed by atoms with E-state index in [0.29, 0.717) is 11.6 Å². The lowest BCUT2D eigenvalue weighted by molar-refractivity contribution is -0.165. The Morgan fingerprint density at radius 3 is 2.44 bits per heavy atom. The van der Waals surface area contributed by atoms with Crippen molar-refractivity contribution in [1.29, 1.82) is 0 Å². The van der Waals surface area contributed by atoms with Gasteiger partial charge in [0.05, 0.1) is 11.1 Å². The summed E-state index contributed by atoms with van der Waals surface area (Å²) in [6.45, 7) is 11.5. The van der Waals surface area contributed by atoms with Crippen molar-refractivity contribution in [2.45, 2.75) is 53.6 Å². The van der Waals surface area contributed by atoms with Gasteiger partial charge < -0.3 is 4.74 Å². The number of aromatic nitrogens is 1. The second-order valence-corrected chi connectivity index (χ2v) is 8.45. The van der Waals surface area contributed by atoms with E-state index in [2.05, 4.69) is 11.1 Å². The highest BCUT2D eigenvalue weighted by molar-refractivity contribution is 6.29. The van der Waals surface area contributed by atoms with Crippen molar-refractivity contribution in [2.24, 2.45) is 5.41 Å². The molecule has 0 aliphatic heterocycles. The largest absolute Gasteiger partial charge is 0.460 e. The molecule has 1 aromatic heterocycles. The van der Waals surface area contributed by atoms with Gasteiger partial charge in [0.2, 0.25) is 0 Å². The maximum atomic E-state index is 12.5. The SMILES string of the molecule is Cc1ccc(Cl)nc1-c1cccc(CC(C)(C)C(=O)OC(C)(C)C)c1. The minimum absolute atomic E-state index is 0.192. The maximum absolute atomic E-state index is 12.5. The first-order chi connectivity index (χ1) is 11.5. The van der Waals surface area contributed by atoms with Gasteiger partial charge in [-0.1, -0.05) is 35.9 Å². The summed E-state index contributed by atoms with van der Waals surface area (Å²) in [7, 11) is 0. The Morgan fingerprint density at radius 2 is 1.80 bits per heavy atom. The van der Waals surface area contributed by atoms with E-state index in [1.807, 2.05) is 65.8 Å². The van der Waals surface area contributed by atoms with E-state index in [1.54, 1.807) is 6.07 Å². The van der Waals surface area contributed by atoms with E-state index < -0.39 is 11.0 Å². The van der Waals surface area contributed by atoms with Crippen LogP contribution in [0, 0.1) is 12.3 Å². The van der Waals surface area contributed by atoms with Gasteiger partial charge in [-0.2, -0.15) is 0 Å². The minimum Gasteiger partial charge on any atom is -0.460 e. The van der Waals surface area contributed by atoms with E-state index in [1.165, 1.54) is 0 Å². The Bertz CT molecular complexity index is 776. The normalized spacial score (nSPS) is 12.1. The average molecular weight is 360 g/mol. The van der Waals surface area contributed by atoms with Gasteiger partial charge in [0.15, 0.2) is 0 Å². The van der Waals surface area contributed by atoms with Crippen LogP contribution in [0.15, 0.2) is 36.4 Å².